The van der Waals surface area contributed by atoms with Crippen LogP contribution in [-0.4, -0.2) is 47.2 Å². The molecule has 1 N–H and O–H groups in total. The van der Waals surface area contributed by atoms with E-state index in [1.165, 1.54) is 5.69 Å². The highest BCUT2D eigenvalue weighted by atomic mass is 16.5. The zero-order valence-corrected chi connectivity index (χ0v) is 14.1. The molecule has 2 heterocycles. The molecule has 2 aromatic heterocycles. The minimum absolute atomic E-state index is 0.526. The molecule has 0 atom stereocenters. The van der Waals surface area contributed by atoms with Crippen molar-refractivity contribution in [1.29, 1.82) is 0 Å². The average Bonchev–Trinajstić information content (AvgIpc) is 2.96. The van der Waals surface area contributed by atoms with Gasteiger partial charge in [0.15, 0.2) is 5.96 Å². The van der Waals surface area contributed by atoms with Crippen LogP contribution in [0.3, 0.4) is 0 Å². The van der Waals surface area contributed by atoms with Crippen molar-refractivity contribution < 1.29 is 4.74 Å². The second-order valence-corrected chi connectivity index (χ2v) is 5.24. The molecule has 0 aromatic carbocycles. The third kappa shape index (κ3) is 5.32. The summed E-state index contributed by atoms with van der Waals surface area (Å²) in [6, 6.07) is 7.92. The summed E-state index contributed by atoms with van der Waals surface area (Å²) < 4.78 is 7.74. The van der Waals surface area contributed by atoms with Crippen LogP contribution in [0, 0.1) is 0 Å². The molecule has 0 aliphatic rings. The maximum atomic E-state index is 5.62. The predicted molar refractivity (Wildman–Crippen MR) is 92.6 cm³/mol. The number of guanidine groups is 1. The van der Waals surface area contributed by atoms with Crippen molar-refractivity contribution in [2.45, 2.75) is 13.5 Å². The van der Waals surface area contributed by atoms with Gasteiger partial charge in [-0.15, -0.1) is 0 Å². The molecule has 0 aliphatic heterocycles. The minimum Gasteiger partial charge on any atom is -0.490 e. The van der Waals surface area contributed by atoms with Crippen LogP contribution in [0.1, 0.15) is 12.6 Å². The van der Waals surface area contributed by atoms with Gasteiger partial charge in [0.25, 0.3) is 0 Å². The summed E-state index contributed by atoms with van der Waals surface area (Å²) in [5.41, 5.74) is 1.24. The van der Waals surface area contributed by atoms with E-state index in [4.69, 9.17) is 4.74 Å². The van der Waals surface area contributed by atoms with Crippen LogP contribution in [0.5, 0.6) is 5.75 Å². The molecular weight excluding hydrogens is 290 g/mol. The number of pyridine rings is 1. The predicted octanol–water partition coefficient (Wildman–Crippen LogP) is 1.90. The highest BCUT2D eigenvalue weighted by molar-refractivity contribution is 5.79. The van der Waals surface area contributed by atoms with Gasteiger partial charge in [-0.1, -0.05) is 0 Å². The van der Waals surface area contributed by atoms with Crippen LogP contribution in [0.2, 0.25) is 0 Å². The van der Waals surface area contributed by atoms with E-state index in [2.05, 4.69) is 57.1 Å². The molecule has 0 aliphatic carbocycles. The Hall–Kier alpha value is -2.50. The zero-order chi connectivity index (χ0) is 16.5. The fourth-order valence-electron chi connectivity index (χ4n) is 2.20. The Morgan fingerprint density at radius 3 is 2.91 bits per heavy atom. The highest BCUT2D eigenvalue weighted by Crippen LogP contribution is 2.06. The molecule has 124 valence electrons. The summed E-state index contributed by atoms with van der Waals surface area (Å²) in [7, 11) is 4.09. The second-order valence-electron chi connectivity index (χ2n) is 5.24. The lowest BCUT2D eigenvalue weighted by Gasteiger charge is -2.22. The molecule has 2 rings (SSSR count). The Morgan fingerprint density at radius 2 is 2.26 bits per heavy atom. The van der Waals surface area contributed by atoms with Crippen molar-refractivity contribution in [2.24, 2.45) is 12.0 Å². The van der Waals surface area contributed by atoms with Gasteiger partial charge >= 0.3 is 0 Å². The van der Waals surface area contributed by atoms with E-state index in [1.54, 1.807) is 12.4 Å². The van der Waals surface area contributed by atoms with Gasteiger partial charge in [-0.2, -0.15) is 0 Å². The normalized spacial score (nSPS) is 11.3. The number of aromatic nitrogens is 2. The number of aryl methyl sites for hydroxylation is 1. The Kier molecular flexibility index (Phi) is 6.47. The lowest BCUT2D eigenvalue weighted by molar-refractivity contribution is 0.326. The van der Waals surface area contributed by atoms with Gasteiger partial charge in [-0.25, -0.2) is 4.99 Å². The van der Waals surface area contributed by atoms with E-state index in [-0.39, 0.29) is 0 Å². The lowest BCUT2D eigenvalue weighted by atomic mass is 10.4. The largest absolute Gasteiger partial charge is 0.490 e. The SMILES string of the molecule is CCNC(=NCCOc1cccnc1)N(C)Cc1cccn1C. The molecule has 0 bridgehead atoms. The molecule has 0 unspecified atom stereocenters. The molecular formula is C17H25N5O. The molecule has 0 fully saturated rings. The quantitative estimate of drug-likeness (QED) is 0.482. The fourth-order valence-corrected chi connectivity index (χ4v) is 2.20. The standard InChI is InChI=1S/C17H25N5O/c1-4-19-17(22(3)14-15-7-6-11-21(15)2)20-10-12-23-16-8-5-9-18-13-16/h5-9,11,13H,4,10,12,14H2,1-3H3,(H,19,20). The molecule has 23 heavy (non-hydrogen) atoms. The van der Waals surface area contributed by atoms with Crippen molar-refractivity contribution >= 4 is 5.96 Å². The lowest BCUT2D eigenvalue weighted by Crippen LogP contribution is -2.39. The molecule has 0 saturated carbocycles. The summed E-state index contributed by atoms with van der Waals surface area (Å²) >= 11 is 0. The summed E-state index contributed by atoms with van der Waals surface area (Å²) in [5.74, 6) is 1.65. The van der Waals surface area contributed by atoms with Crippen LogP contribution in [-0.2, 0) is 13.6 Å². The topological polar surface area (TPSA) is 54.7 Å². The van der Waals surface area contributed by atoms with E-state index < -0.39 is 0 Å². The van der Waals surface area contributed by atoms with Crippen LogP contribution in [0.25, 0.3) is 0 Å². The molecule has 0 spiro atoms. The monoisotopic (exact) mass is 315 g/mol. The van der Waals surface area contributed by atoms with Gasteiger partial charge in [0.2, 0.25) is 0 Å². The second kappa shape index (κ2) is 8.82. The molecule has 0 saturated heterocycles. The van der Waals surface area contributed by atoms with E-state index in [0.717, 1.165) is 24.8 Å². The van der Waals surface area contributed by atoms with E-state index in [9.17, 15) is 0 Å². The Labute approximate surface area is 137 Å². The Balaban J connectivity index is 1.87. The Bertz CT molecular complexity index is 608. The van der Waals surface area contributed by atoms with Gasteiger partial charge < -0.3 is 19.5 Å². The smallest absolute Gasteiger partial charge is 0.194 e. The Morgan fingerprint density at radius 1 is 1.39 bits per heavy atom. The van der Waals surface area contributed by atoms with Crippen molar-refractivity contribution in [3.63, 3.8) is 0 Å². The van der Waals surface area contributed by atoms with Crippen LogP contribution in [0.15, 0.2) is 47.8 Å². The maximum Gasteiger partial charge on any atom is 0.194 e. The van der Waals surface area contributed by atoms with Gasteiger partial charge in [-0.05, 0) is 31.2 Å². The number of nitrogens with zero attached hydrogens (tertiary/aromatic N) is 4. The van der Waals surface area contributed by atoms with Crippen LogP contribution >= 0.6 is 0 Å². The molecule has 0 radical (unpaired) electrons. The van der Waals surface area contributed by atoms with Crippen molar-refractivity contribution in [3.05, 3.63) is 48.5 Å². The van der Waals surface area contributed by atoms with Gasteiger partial charge in [0, 0.05) is 38.7 Å². The number of hydrogen-bond donors (Lipinski definition) is 1. The first-order valence-electron chi connectivity index (χ1n) is 7.83. The van der Waals surface area contributed by atoms with Crippen LogP contribution < -0.4 is 10.1 Å². The first-order chi connectivity index (χ1) is 11.2. The van der Waals surface area contributed by atoms with Gasteiger partial charge in [0.1, 0.15) is 12.4 Å². The van der Waals surface area contributed by atoms with Crippen molar-refractivity contribution in [2.75, 3.05) is 26.7 Å². The minimum atomic E-state index is 0.526. The van der Waals surface area contributed by atoms with E-state index in [0.29, 0.717) is 13.2 Å². The fraction of sp³-hybridized carbons (Fsp3) is 0.412. The van der Waals surface area contributed by atoms with Crippen molar-refractivity contribution in [1.82, 2.24) is 19.8 Å². The number of nitrogens with one attached hydrogen (secondary N) is 1. The average molecular weight is 315 g/mol. The first kappa shape index (κ1) is 16.9. The highest BCUT2D eigenvalue weighted by Gasteiger charge is 2.08. The first-order valence-corrected chi connectivity index (χ1v) is 7.83. The van der Waals surface area contributed by atoms with Gasteiger partial charge in [0.05, 0.1) is 19.3 Å². The zero-order valence-electron chi connectivity index (χ0n) is 14.1. The molecule has 2 aromatic rings. The van der Waals surface area contributed by atoms with E-state index in [1.807, 2.05) is 19.2 Å². The third-order valence-electron chi connectivity index (χ3n) is 3.40. The maximum absolute atomic E-state index is 5.62. The summed E-state index contributed by atoms with van der Waals surface area (Å²) in [5, 5.41) is 3.31. The summed E-state index contributed by atoms with van der Waals surface area (Å²) in [6.07, 6.45) is 5.48. The molecule has 6 nitrogen and oxygen atoms in total. The number of aliphatic imine (C=N–C) groups is 1. The van der Waals surface area contributed by atoms with Crippen molar-refractivity contribution in [3.8, 4) is 5.75 Å². The van der Waals surface area contributed by atoms with E-state index >= 15 is 0 Å². The van der Waals surface area contributed by atoms with Crippen LogP contribution in [0.4, 0.5) is 0 Å². The summed E-state index contributed by atoms with van der Waals surface area (Å²) in [6.45, 7) is 4.82. The number of rotatable bonds is 7. The number of hydrogen-bond acceptors (Lipinski definition) is 3. The summed E-state index contributed by atoms with van der Waals surface area (Å²) in [4.78, 5) is 10.8. The molecule has 6 heteroatoms. The number of ether oxygens (including phenoxy) is 1. The third-order valence-corrected chi connectivity index (χ3v) is 3.40. The molecule has 0 amide bonds. The van der Waals surface area contributed by atoms with Gasteiger partial charge in [-0.3, -0.25) is 4.98 Å².